The second kappa shape index (κ2) is 6.50. The van der Waals surface area contributed by atoms with Gasteiger partial charge in [-0.2, -0.15) is 5.26 Å². The lowest BCUT2D eigenvalue weighted by atomic mass is 10.1. The van der Waals surface area contributed by atoms with Crippen LogP contribution in [0.4, 0.5) is 0 Å². The molecule has 0 heterocycles. The molecule has 0 aliphatic heterocycles. The maximum atomic E-state index is 12.0. The Balaban J connectivity index is 2.03. The molecule has 0 bridgehead atoms. The number of rotatable bonds is 4. The first-order valence-electron chi connectivity index (χ1n) is 6.20. The summed E-state index contributed by atoms with van der Waals surface area (Å²) in [4.78, 5) is 12.0. The van der Waals surface area contributed by atoms with E-state index in [0.717, 1.165) is 5.56 Å². The molecular weight excluding hydrogens is 252 g/mol. The summed E-state index contributed by atoms with van der Waals surface area (Å²) in [6.07, 6.45) is 0. The van der Waals surface area contributed by atoms with Crippen molar-refractivity contribution in [1.29, 1.82) is 5.26 Å². The molecule has 100 valence electrons. The summed E-state index contributed by atoms with van der Waals surface area (Å²) in [6, 6.07) is 16.0. The molecule has 0 spiro atoms. The molecule has 0 radical (unpaired) electrons. The van der Waals surface area contributed by atoms with Crippen molar-refractivity contribution < 1.29 is 9.90 Å². The number of nitriles is 1. The molecule has 0 aliphatic rings. The Kier molecular flexibility index (Phi) is 4.48. The number of benzene rings is 2. The summed E-state index contributed by atoms with van der Waals surface area (Å²) >= 11 is 0. The van der Waals surface area contributed by atoms with Gasteiger partial charge in [0.25, 0.3) is 5.91 Å². The van der Waals surface area contributed by atoms with Crippen LogP contribution in [0.5, 0.6) is 0 Å². The predicted molar refractivity (Wildman–Crippen MR) is 74.7 cm³/mol. The van der Waals surface area contributed by atoms with Crippen LogP contribution in [0.25, 0.3) is 0 Å². The molecular formula is C16H14N2O2. The summed E-state index contributed by atoms with van der Waals surface area (Å²) in [6.45, 7) is 0.213. The molecule has 0 aromatic heterocycles. The second-order valence-electron chi connectivity index (χ2n) is 4.31. The summed E-state index contributed by atoms with van der Waals surface area (Å²) in [5.74, 6) is -0.223. The number of nitrogens with one attached hydrogen (secondary N) is 1. The van der Waals surface area contributed by atoms with Crippen molar-refractivity contribution in [1.82, 2.24) is 5.32 Å². The van der Waals surface area contributed by atoms with Gasteiger partial charge in [0.1, 0.15) is 0 Å². The fourth-order valence-corrected chi connectivity index (χ4v) is 1.85. The van der Waals surface area contributed by atoms with E-state index in [1.54, 1.807) is 48.5 Å². The lowest BCUT2D eigenvalue weighted by Crippen LogP contribution is -2.24. The Bertz CT molecular complexity index is 642. The molecule has 4 nitrogen and oxygen atoms in total. The Morgan fingerprint density at radius 3 is 2.50 bits per heavy atom. The van der Waals surface area contributed by atoms with Gasteiger partial charge in [-0.15, -0.1) is 0 Å². The summed E-state index contributed by atoms with van der Waals surface area (Å²) in [5, 5.41) is 20.7. The standard InChI is InChI=1S/C16H14N2O2/c17-9-12-5-7-13(8-6-12)10-18-16(20)15-4-2-1-3-14(15)11-19/h1-8,19H,10-11H2,(H,18,20). The van der Waals surface area contributed by atoms with E-state index in [-0.39, 0.29) is 12.5 Å². The largest absolute Gasteiger partial charge is 0.392 e. The Hall–Kier alpha value is -2.64. The summed E-state index contributed by atoms with van der Waals surface area (Å²) < 4.78 is 0. The third-order valence-electron chi connectivity index (χ3n) is 2.97. The fourth-order valence-electron chi connectivity index (χ4n) is 1.85. The monoisotopic (exact) mass is 266 g/mol. The minimum Gasteiger partial charge on any atom is -0.392 e. The van der Waals surface area contributed by atoms with Crippen LogP contribution >= 0.6 is 0 Å². The number of amides is 1. The average molecular weight is 266 g/mol. The molecule has 2 aromatic carbocycles. The number of carbonyl (C=O) groups excluding carboxylic acids is 1. The van der Waals surface area contributed by atoms with Crippen molar-refractivity contribution in [3.63, 3.8) is 0 Å². The average Bonchev–Trinajstić information content (AvgIpc) is 2.53. The van der Waals surface area contributed by atoms with Crippen molar-refractivity contribution in [2.45, 2.75) is 13.2 Å². The third kappa shape index (κ3) is 3.22. The first-order valence-corrected chi connectivity index (χ1v) is 6.20. The number of hydrogen-bond donors (Lipinski definition) is 2. The van der Waals surface area contributed by atoms with Crippen molar-refractivity contribution >= 4 is 5.91 Å². The van der Waals surface area contributed by atoms with Gasteiger partial charge in [-0.3, -0.25) is 4.79 Å². The SMILES string of the molecule is N#Cc1ccc(CNC(=O)c2ccccc2CO)cc1. The summed E-state index contributed by atoms with van der Waals surface area (Å²) in [5.41, 5.74) is 2.58. The van der Waals surface area contributed by atoms with Gasteiger partial charge in [0.15, 0.2) is 0 Å². The number of carbonyl (C=O) groups is 1. The molecule has 0 saturated carbocycles. The summed E-state index contributed by atoms with van der Waals surface area (Å²) in [7, 11) is 0. The van der Waals surface area contributed by atoms with E-state index >= 15 is 0 Å². The van der Waals surface area contributed by atoms with E-state index in [2.05, 4.69) is 5.32 Å². The van der Waals surface area contributed by atoms with Crippen molar-refractivity contribution in [3.05, 3.63) is 70.8 Å². The van der Waals surface area contributed by atoms with Gasteiger partial charge >= 0.3 is 0 Å². The van der Waals surface area contributed by atoms with Crippen LogP contribution < -0.4 is 5.32 Å². The molecule has 4 heteroatoms. The highest BCUT2D eigenvalue weighted by Gasteiger charge is 2.09. The lowest BCUT2D eigenvalue weighted by molar-refractivity contribution is 0.0948. The Morgan fingerprint density at radius 1 is 1.15 bits per heavy atom. The normalized spacial score (nSPS) is 9.80. The van der Waals surface area contributed by atoms with E-state index in [0.29, 0.717) is 23.2 Å². The molecule has 0 saturated heterocycles. The minimum absolute atomic E-state index is 0.166. The topological polar surface area (TPSA) is 73.1 Å². The van der Waals surface area contributed by atoms with Gasteiger partial charge in [0.05, 0.1) is 18.2 Å². The molecule has 0 atom stereocenters. The highest BCUT2D eigenvalue weighted by Crippen LogP contribution is 2.09. The lowest BCUT2D eigenvalue weighted by Gasteiger charge is -2.08. The first kappa shape index (κ1) is 13.8. The van der Waals surface area contributed by atoms with Crippen molar-refractivity contribution in [2.75, 3.05) is 0 Å². The Labute approximate surface area is 117 Å². The minimum atomic E-state index is -0.223. The molecule has 2 aromatic rings. The van der Waals surface area contributed by atoms with Crippen molar-refractivity contribution in [2.24, 2.45) is 0 Å². The van der Waals surface area contributed by atoms with E-state index in [1.807, 2.05) is 6.07 Å². The third-order valence-corrected chi connectivity index (χ3v) is 2.97. The number of nitrogens with zero attached hydrogens (tertiary/aromatic N) is 1. The predicted octanol–water partition coefficient (Wildman–Crippen LogP) is 1.98. The molecule has 2 rings (SSSR count). The van der Waals surface area contributed by atoms with E-state index in [1.165, 1.54) is 0 Å². The van der Waals surface area contributed by atoms with Gasteiger partial charge in [-0.25, -0.2) is 0 Å². The fraction of sp³-hybridized carbons (Fsp3) is 0.125. The molecule has 20 heavy (non-hydrogen) atoms. The molecule has 0 unspecified atom stereocenters. The van der Waals surface area contributed by atoms with Gasteiger partial charge in [-0.05, 0) is 29.3 Å². The van der Waals surface area contributed by atoms with Crippen LogP contribution in [0.15, 0.2) is 48.5 Å². The van der Waals surface area contributed by atoms with Gasteiger partial charge < -0.3 is 10.4 Å². The van der Waals surface area contributed by atoms with Crippen molar-refractivity contribution in [3.8, 4) is 6.07 Å². The zero-order valence-corrected chi connectivity index (χ0v) is 10.8. The molecule has 0 fully saturated rings. The quantitative estimate of drug-likeness (QED) is 0.888. The Morgan fingerprint density at radius 2 is 1.85 bits per heavy atom. The van der Waals surface area contributed by atoms with Crippen LogP contribution in [0, 0.1) is 11.3 Å². The highest BCUT2D eigenvalue weighted by molar-refractivity contribution is 5.95. The molecule has 1 amide bonds. The van der Waals surface area contributed by atoms with Crippen LogP contribution in [-0.2, 0) is 13.2 Å². The van der Waals surface area contributed by atoms with Gasteiger partial charge in [-0.1, -0.05) is 30.3 Å². The van der Waals surface area contributed by atoms with Crippen LogP contribution in [0.2, 0.25) is 0 Å². The number of aliphatic hydroxyl groups is 1. The van der Waals surface area contributed by atoms with Crippen LogP contribution in [0.3, 0.4) is 0 Å². The second-order valence-corrected chi connectivity index (χ2v) is 4.31. The zero-order chi connectivity index (χ0) is 14.4. The van der Waals surface area contributed by atoms with Crippen LogP contribution in [-0.4, -0.2) is 11.0 Å². The number of hydrogen-bond acceptors (Lipinski definition) is 3. The zero-order valence-electron chi connectivity index (χ0n) is 10.8. The van der Waals surface area contributed by atoms with E-state index in [9.17, 15) is 9.90 Å². The van der Waals surface area contributed by atoms with Gasteiger partial charge in [0, 0.05) is 12.1 Å². The molecule has 2 N–H and O–H groups in total. The maximum Gasteiger partial charge on any atom is 0.251 e. The highest BCUT2D eigenvalue weighted by atomic mass is 16.3. The smallest absolute Gasteiger partial charge is 0.251 e. The number of aliphatic hydroxyl groups excluding tert-OH is 1. The maximum absolute atomic E-state index is 12.0. The van der Waals surface area contributed by atoms with Gasteiger partial charge in [0.2, 0.25) is 0 Å². The van der Waals surface area contributed by atoms with Crippen LogP contribution in [0.1, 0.15) is 27.0 Å². The molecule has 0 aliphatic carbocycles. The van der Waals surface area contributed by atoms with E-state index < -0.39 is 0 Å². The van der Waals surface area contributed by atoms with E-state index in [4.69, 9.17) is 5.26 Å². The first-order chi connectivity index (χ1) is 9.74.